The monoisotopic (exact) mass is 408 g/mol. The van der Waals surface area contributed by atoms with Gasteiger partial charge < -0.3 is 19.5 Å². The van der Waals surface area contributed by atoms with Gasteiger partial charge in [-0.05, 0) is 56.1 Å². The van der Waals surface area contributed by atoms with Gasteiger partial charge in [0.25, 0.3) is 0 Å². The third-order valence-corrected chi connectivity index (χ3v) is 5.02. The topological polar surface area (TPSA) is 80.5 Å². The summed E-state index contributed by atoms with van der Waals surface area (Å²) in [5.74, 6) is 2.65. The smallest absolute Gasteiger partial charge is 0.227 e. The number of amides is 1. The molecule has 8 heteroatoms. The number of aryl methyl sites for hydroxylation is 1. The molecule has 2 aromatic rings. The fraction of sp³-hybridized carbons (Fsp3) is 0.550. The quantitative estimate of drug-likeness (QED) is 0.723. The second-order valence-corrected chi connectivity index (χ2v) is 6.87. The molecule has 0 bridgehead atoms. The summed E-state index contributed by atoms with van der Waals surface area (Å²) >= 11 is 0. The van der Waals surface area contributed by atoms with Gasteiger partial charge in [-0.2, -0.15) is 4.98 Å². The van der Waals surface area contributed by atoms with Crippen LogP contribution in [0, 0.1) is 5.92 Å². The molecule has 28 heavy (non-hydrogen) atoms. The lowest BCUT2D eigenvalue weighted by Crippen LogP contribution is -2.40. The minimum absolute atomic E-state index is 0. The van der Waals surface area contributed by atoms with Crippen LogP contribution in [0.5, 0.6) is 5.75 Å². The molecule has 0 atom stereocenters. The van der Waals surface area contributed by atoms with E-state index in [-0.39, 0.29) is 18.3 Å². The second-order valence-electron chi connectivity index (χ2n) is 6.87. The number of carbonyl (C=O) groups excluding carboxylic acids is 1. The van der Waals surface area contributed by atoms with Crippen molar-refractivity contribution in [1.29, 1.82) is 0 Å². The van der Waals surface area contributed by atoms with Crippen molar-refractivity contribution in [2.75, 3.05) is 33.3 Å². The average Bonchev–Trinajstić information content (AvgIpc) is 3.20. The predicted octanol–water partition coefficient (Wildman–Crippen LogP) is 2.95. The number of rotatable bonds is 8. The van der Waals surface area contributed by atoms with Gasteiger partial charge in [0.2, 0.25) is 17.6 Å². The molecule has 1 fully saturated rings. The zero-order valence-corrected chi connectivity index (χ0v) is 17.3. The van der Waals surface area contributed by atoms with Crippen LogP contribution < -0.4 is 10.1 Å². The molecule has 0 aliphatic carbocycles. The van der Waals surface area contributed by atoms with Gasteiger partial charge in [0.1, 0.15) is 5.75 Å². The molecule has 0 unspecified atom stereocenters. The molecule has 1 aliphatic rings. The number of hydrogen-bond donors (Lipinski definition) is 1. The molecule has 1 aliphatic heterocycles. The number of methoxy groups -OCH3 is 1. The number of ether oxygens (including phenoxy) is 1. The zero-order chi connectivity index (χ0) is 19.1. The van der Waals surface area contributed by atoms with Crippen LogP contribution in [0.25, 0.3) is 11.4 Å². The number of likely N-dealkylation sites (tertiary alicyclic amines) is 1. The fourth-order valence-electron chi connectivity index (χ4n) is 3.32. The highest BCUT2D eigenvalue weighted by molar-refractivity contribution is 5.85. The number of hydrogen-bond acceptors (Lipinski definition) is 6. The van der Waals surface area contributed by atoms with E-state index in [1.54, 1.807) is 7.11 Å². The van der Waals surface area contributed by atoms with E-state index >= 15 is 0 Å². The summed E-state index contributed by atoms with van der Waals surface area (Å²) in [4.78, 5) is 18.8. The lowest BCUT2D eigenvalue weighted by molar-refractivity contribution is -0.132. The summed E-state index contributed by atoms with van der Waals surface area (Å²) in [5, 5.41) is 7.40. The van der Waals surface area contributed by atoms with Crippen LogP contribution in [0.3, 0.4) is 0 Å². The SMILES string of the molecule is CCNCC1CCN(C(=O)CCc2nc(-c3ccc(OC)cc3)no2)CC1.Cl. The van der Waals surface area contributed by atoms with Crippen LogP contribution in [0.1, 0.15) is 32.1 Å². The van der Waals surface area contributed by atoms with Gasteiger partial charge in [0, 0.05) is 31.5 Å². The van der Waals surface area contributed by atoms with Crippen molar-refractivity contribution in [2.45, 2.75) is 32.6 Å². The van der Waals surface area contributed by atoms with Crippen molar-refractivity contribution >= 4 is 18.3 Å². The lowest BCUT2D eigenvalue weighted by atomic mass is 9.96. The number of benzene rings is 1. The van der Waals surface area contributed by atoms with E-state index in [1.165, 1.54) is 0 Å². The highest BCUT2D eigenvalue weighted by Crippen LogP contribution is 2.21. The van der Waals surface area contributed by atoms with Crippen molar-refractivity contribution < 1.29 is 14.1 Å². The molecule has 1 aromatic heterocycles. The summed E-state index contributed by atoms with van der Waals surface area (Å²) in [7, 11) is 1.63. The number of aromatic nitrogens is 2. The van der Waals surface area contributed by atoms with E-state index in [4.69, 9.17) is 9.26 Å². The van der Waals surface area contributed by atoms with Crippen molar-refractivity contribution in [3.8, 4) is 17.1 Å². The van der Waals surface area contributed by atoms with E-state index in [2.05, 4.69) is 22.4 Å². The molecule has 3 rings (SSSR count). The third kappa shape index (κ3) is 5.94. The molecule has 7 nitrogen and oxygen atoms in total. The standard InChI is InChI=1S/C20H28N4O3.ClH/c1-3-21-14-15-10-12-24(13-11-15)19(25)9-8-18-22-20(23-27-18)16-4-6-17(26-2)7-5-16;/h4-7,15,21H,3,8-14H2,1-2H3;1H. The minimum Gasteiger partial charge on any atom is -0.497 e. The number of halogens is 1. The van der Waals surface area contributed by atoms with Gasteiger partial charge in [0.05, 0.1) is 7.11 Å². The predicted molar refractivity (Wildman–Crippen MR) is 110 cm³/mol. The molecule has 1 aromatic carbocycles. The van der Waals surface area contributed by atoms with Crippen LogP contribution in [0.4, 0.5) is 0 Å². The van der Waals surface area contributed by atoms with Crippen molar-refractivity contribution in [2.24, 2.45) is 5.92 Å². The van der Waals surface area contributed by atoms with Gasteiger partial charge in [0.15, 0.2) is 0 Å². The maximum absolute atomic E-state index is 12.4. The number of carbonyl (C=O) groups is 1. The van der Waals surface area contributed by atoms with E-state index in [9.17, 15) is 4.79 Å². The van der Waals surface area contributed by atoms with Crippen LogP contribution in [-0.2, 0) is 11.2 Å². The maximum Gasteiger partial charge on any atom is 0.227 e. The lowest BCUT2D eigenvalue weighted by Gasteiger charge is -2.32. The molecule has 1 amide bonds. The van der Waals surface area contributed by atoms with Gasteiger partial charge in [-0.3, -0.25) is 4.79 Å². The normalized spacial score (nSPS) is 14.6. The van der Waals surface area contributed by atoms with Crippen molar-refractivity contribution in [3.05, 3.63) is 30.2 Å². The molecule has 1 saturated heterocycles. The van der Waals surface area contributed by atoms with Gasteiger partial charge in [-0.25, -0.2) is 0 Å². The summed E-state index contributed by atoms with van der Waals surface area (Å²) in [6.45, 7) is 5.86. The Kier molecular flexibility index (Phi) is 8.73. The molecule has 154 valence electrons. The second kappa shape index (κ2) is 11.0. The Bertz CT molecular complexity index is 727. The summed E-state index contributed by atoms with van der Waals surface area (Å²) in [6.07, 6.45) is 3.02. The summed E-state index contributed by atoms with van der Waals surface area (Å²) in [5.41, 5.74) is 0.861. The van der Waals surface area contributed by atoms with Crippen molar-refractivity contribution in [3.63, 3.8) is 0 Å². The van der Waals surface area contributed by atoms with Gasteiger partial charge in [-0.1, -0.05) is 12.1 Å². The highest BCUT2D eigenvalue weighted by Gasteiger charge is 2.22. The van der Waals surface area contributed by atoms with E-state index < -0.39 is 0 Å². The Labute approximate surface area is 172 Å². The molecule has 0 spiro atoms. The van der Waals surface area contributed by atoms with Gasteiger partial charge >= 0.3 is 0 Å². The Hall–Kier alpha value is -2.12. The Morgan fingerprint density at radius 1 is 1.29 bits per heavy atom. The van der Waals surface area contributed by atoms with Crippen LogP contribution in [-0.4, -0.2) is 54.2 Å². The molecule has 0 saturated carbocycles. The zero-order valence-electron chi connectivity index (χ0n) is 16.5. The van der Waals surface area contributed by atoms with E-state index in [0.717, 1.165) is 50.3 Å². The van der Waals surface area contributed by atoms with Crippen LogP contribution in [0.15, 0.2) is 28.8 Å². The number of nitrogens with zero attached hydrogens (tertiary/aromatic N) is 3. The first kappa shape index (κ1) is 22.2. The molecule has 0 radical (unpaired) electrons. The summed E-state index contributed by atoms with van der Waals surface area (Å²) < 4.78 is 10.5. The fourth-order valence-corrected chi connectivity index (χ4v) is 3.32. The average molecular weight is 409 g/mol. The molecular weight excluding hydrogens is 380 g/mol. The van der Waals surface area contributed by atoms with E-state index in [1.807, 2.05) is 29.2 Å². The largest absolute Gasteiger partial charge is 0.497 e. The number of piperidine rings is 1. The Balaban J connectivity index is 0.00000280. The van der Waals surface area contributed by atoms with Crippen molar-refractivity contribution in [1.82, 2.24) is 20.4 Å². The Morgan fingerprint density at radius 2 is 2.00 bits per heavy atom. The number of nitrogens with one attached hydrogen (secondary N) is 1. The van der Waals surface area contributed by atoms with E-state index in [0.29, 0.717) is 30.5 Å². The first-order chi connectivity index (χ1) is 13.2. The van der Waals surface area contributed by atoms with Crippen LogP contribution >= 0.6 is 12.4 Å². The van der Waals surface area contributed by atoms with Gasteiger partial charge in [-0.15, -0.1) is 12.4 Å². The van der Waals surface area contributed by atoms with Crippen LogP contribution in [0.2, 0.25) is 0 Å². The third-order valence-electron chi connectivity index (χ3n) is 5.02. The Morgan fingerprint density at radius 3 is 2.64 bits per heavy atom. The highest BCUT2D eigenvalue weighted by atomic mass is 35.5. The molecule has 1 N–H and O–H groups in total. The molecule has 2 heterocycles. The molecular formula is C20H29ClN4O3. The summed E-state index contributed by atoms with van der Waals surface area (Å²) in [6, 6.07) is 7.48. The maximum atomic E-state index is 12.4. The first-order valence-corrected chi connectivity index (χ1v) is 9.65. The minimum atomic E-state index is 0. The first-order valence-electron chi connectivity index (χ1n) is 9.65.